The summed E-state index contributed by atoms with van der Waals surface area (Å²) in [5, 5.41) is 9.22. The molecule has 0 fully saturated rings. The fraction of sp³-hybridized carbons (Fsp3) is 0.222. The average molecular weight is 262 g/mol. The highest BCUT2D eigenvalue weighted by Gasteiger charge is 2.09. The van der Waals surface area contributed by atoms with E-state index < -0.39 is 11.9 Å². The Bertz CT molecular complexity index is 424. The summed E-state index contributed by atoms with van der Waals surface area (Å²) in [6, 6.07) is 2.59. The molecule has 0 amide bonds. The first-order chi connectivity index (χ1) is 7.52. The Morgan fingerprint density at radius 2 is 2.25 bits per heavy atom. The third kappa shape index (κ3) is 3.71. The molecule has 1 heterocycles. The number of carbonyl (C=O) groups excluding carboxylic acids is 1. The monoisotopic (exact) mass is 261 g/mol. The molecule has 0 saturated heterocycles. The smallest absolute Gasteiger partial charge is 0.335 e. The summed E-state index contributed by atoms with van der Waals surface area (Å²) < 4.78 is 4.44. The van der Waals surface area contributed by atoms with Crippen LogP contribution in [0, 0.1) is 0 Å². The van der Waals surface area contributed by atoms with Crippen LogP contribution in [0.15, 0.2) is 17.2 Å². The van der Waals surface area contributed by atoms with Gasteiger partial charge in [0.1, 0.15) is 5.15 Å². The molecule has 1 aromatic rings. The summed E-state index contributed by atoms with van der Waals surface area (Å²) in [5.41, 5.74) is 0.0346. The van der Waals surface area contributed by atoms with Gasteiger partial charge in [-0.2, -0.15) is 0 Å². The predicted octanol–water partition coefficient (Wildman–Crippen LogP) is 1.70. The molecule has 0 atom stereocenters. The zero-order chi connectivity index (χ0) is 12.1. The van der Waals surface area contributed by atoms with Gasteiger partial charge in [-0.1, -0.05) is 23.4 Å². The van der Waals surface area contributed by atoms with E-state index in [1.165, 1.54) is 19.2 Å². The lowest BCUT2D eigenvalue weighted by molar-refractivity contribution is -0.137. The number of carbonyl (C=O) groups is 2. The number of halogens is 1. The standard InChI is InChI=1S/C9H8ClNO4S/c1-15-8(12)4-16-7-3-5(9(13)14)2-6(10)11-7/h2-3H,4H2,1H3,(H,13,14). The van der Waals surface area contributed by atoms with Crippen LogP contribution in [0.1, 0.15) is 10.4 Å². The largest absolute Gasteiger partial charge is 0.478 e. The quantitative estimate of drug-likeness (QED) is 0.505. The summed E-state index contributed by atoms with van der Waals surface area (Å²) in [6.45, 7) is 0. The molecule has 0 aliphatic rings. The zero-order valence-electron chi connectivity index (χ0n) is 8.27. The third-order valence-electron chi connectivity index (χ3n) is 1.58. The number of nitrogens with zero attached hydrogens (tertiary/aromatic N) is 1. The van der Waals surface area contributed by atoms with Gasteiger partial charge in [0.15, 0.2) is 0 Å². The van der Waals surface area contributed by atoms with E-state index in [9.17, 15) is 9.59 Å². The number of carboxylic acids is 1. The van der Waals surface area contributed by atoms with Gasteiger partial charge in [-0.15, -0.1) is 0 Å². The lowest BCUT2D eigenvalue weighted by Crippen LogP contribution is -2.04. The number of hydrogen-bond acceptors (Lipinski definition) is 5. The summed E-state index contributed by atoms with van der Waals surface area (Å²) in [4.78, 5) is 25.5. The van der Waals surface area contributed by atoms with E-state index >= 15 is 0 Å². The third-order valence-corrected chi connectivity index (χ3v) is 2.66. The van der Waals surface area contributed by atoms with E-state index in [0.29, 0.717) is 5.03 Å². The average Bonchev–Trinajstić information content (AvgIpc) is 2.25. The maximum atomic E-state index is 10.9. The van der Waals surface area contributed by atoms with Crippen molar-refractivity contribution in [3.05, 3.63) is 22.8 Å². The molecule has 16 heavy (non-hydrogen) atoms. The molecule has 0 unspecified atom stereocenters. The van der Waals surface area contributed by atoms with Gasteiger partial charge in [0, 0.05) is 0 Å². The maximum Gasteiger partial charge on any atom is 0.335 e. The summed E-state index contributed by atoms with van der Waals surface area (Å²) in [7, 11) is 1.27. The van der Waals surface area contributed by atoms with Gasteiger partial charge in [-0.05, 0) is 12.1 Å². The van der Waals surface area contributed by atoms with Gasteiger partial charge < -0.3 is 9.84 Å². The van der Waals surface area contributed by atoms with E-state index in [1.807, 2.05) is 0 Å². The van der Waals surface area contributed by atoms with E-state index in [-0.39, 0.29) is 16.5 Å². The van der Waals surface area contributed by atoms with Crippen molar-refractivity contribution < 1.29 is 19.4 Å². The number of pyridine rings is 1. The van der Waals surface area contributed by atoms with Crippen LogP contribution in [0.25, 0.3) is 0 Å². The molecule has 0 radical (unpaired) electrons. The van der Waals surface area contributed by atoms with Gasteiger partial charge in [0.2, 0.25) is 0 Å². The molecule has 0 spiro atoms. The van der Waals surface area contributed by atoms with Crippen molar-refractivity contribution in [3.63, 3.8) is 0 Å². The SMILES string of the molecule is COC(=O)CSc1cc(C(=O)O)cc(Cl)n1. The second kappa shape index (κ2) is 5.72. The Balaban J connectivity index is 2.80. The lowest BCUT2D eigenvalue weighted by atomic mass is 10.3. The fourth-order valence-corrected chi connectivity index (χ4v) is 1.88. The Labute approximate surface area is 101 Å². The normalized spacial score (nSPS) is 9.88. The topological polar surface area (TPSA) is 76.5 Å². The first-order valence-electron chi connectivity index (χ1n) is 4.13. The first-order valence-corrected chi connectivity index (χ1v) is 5.50. The van der Waals surface area contributed by atoms with Crippen molar-refractivity contribution in [3.8, 4) is 0 Å². The van der Waals surface area contributed by atoms with Gasteiger partial charge >= 0.3 is 11.9 Å². The highest BCUT2D eigenvalue weighted by atomic mass is 35.5. The minimum Gasteiger partial charge on any atom is -0.478 e. The molecule has 0 saturated carbocycles. The molecule has 1 N–H and O–H groups in total. The Kier molecular flexibility index (Phi) is 4.57. The van der Waals surface area contributed by atoms with E-state index in [2.05, 4.69) is 9.72 Å². The number of esters is 1. The summed E-state index contributed by atoms with van der Waals surface area (Å²) in [6.07, 6.45) is 0. The minimum atomic E-state index is -1.09. The number of rotatable bonds is 4. The van der Waals surface area contributed by atoms with Gasteiger partial charge in [-0.3, -0.25) is 4.79 Å². The molecule has 0 aliphatic carbocycles. The van der Waals surface area contributed by atoms with Crippen LogP contribution in [-0.4, -0.2) is 34.9 Å². The Morgan fingerprint density at radius 3 is 2.81 bits per heavy atom. The van der Waals surface area contributed by atoms with Crippen LogP contribution in [0.2, 0.25) is 5.15 Å². The van der Waals surface area contributed by atoms with Gasteiger partial charge in [0.05, 0.1) is 23.5 Å². The molecule has 7 heteroatoms. The zero-order valence-corrected chi connectivity index (χ0v) is 9.84. The van der Waals surface area contributed by atoms with Crippen LogP contribution in [0.4, 0.5) is 0 Å². The van der Waals surface area contributed by atoms with Gasteiger partial charge in [0.25, 0.3) is 0 Å². The maximum absolute atomic E-state index is 10.9. The number of methoxy groups -OCH3 is 1. The molecule has 0 aliphatic heterocycles. The highest BCUT2D eigenvalue weighted by molar-refractivity contribution is 7.99. The number of hydrogen-bond donors (Lipinski definition) is 1. The van der Waals surface area contributed by atoms with Crippen LogP contribution < -0.4 is 0 Å². The highest BCUT2D eigenvalue weighted by Crippen LogP contribution is 2.20. The first kappa shape index (κ1) is 12.8. The van der Waals surface area contributed by atoms with Crippen molar-refractivity contribution in [2.24, 2.45) is 0 Å². The number of thioether (sulfide) groups is 1. The molecule has 86 valence electrons. The minimum absolute atomic E-state index is 0.0346. The Hall–Kier alpha value is -1.27. The number of carboxylic acid groups (broad SMARTS) is 1. The van der Waals surface area contributed by atoms with Crippen molar-refractivity contribution in [2.75, 3.05) is 12.9 Å². The Morgan fingerprint density at radius 1 is 1.56 bits per heavy atom. The van der Waals surface area contributed by atoms with Gasteiger partial charge in [-0.25, -0.2) is 9.78 Å². The molecule has 1 aromatic heterocycles. The molecule has 0 aromatic carbocycles. The number of ether oxygens (including phenoxy) is 1. The van der Waals surface area contributed by atoms with Crippen molar-refractivity contribution in [1.29, 1.82) is 0 Å². The molecule has 1 rings (SSSR count). The fourth-order valence-electron chi connectivity index (χ4n) is 0.862. The van der Waals surface area contributed by atoms with Crippen LogP contribution >= 0.6 is 23.4 Å². The lowest BCUT2D eigenvalue weighted by Gasteiger charge is -2.02. The van der Waals surface area contributed by atoms with Crippen LogP contribution in [-0.2, 0) is 9.53 Å². The molecular weight excluding hydrogens is 254 g/mol. The van der Waals surface area contributed by atoms with Crippen LogP contribution in [0.3, 0.4) is 0 Å². The summed E-state index contributed by atoms with van der Waals surface area (Å²) >= 11 is 6.70. The second-order valence-corrected chi connectivity index (χ2v) is 4.07. The van der Waals surface area contributed by atoms with E-state index in [0.717, 1.165) is 11.8 Å². The number of aromatic carboxylic acids is 1. The second-order valence-electron chi connectivity index (χ2n) is 2.69. The van der Waals surface area contributed by atoms with Crippen molar-refractivity contribution >= 4 is 35.3 Å². The van der Waals surface area contributed by atoms with Crippen molar-refractivity contribution in [2.45, 2.75) is 5.03 Å². The van der Waals surface area contributed by atoms with Crippen LogP contribution in [0.5, 0.6) is 0 Å². The summed E-state index contributed by atoms with van der Waals surface area (Å²) in [5.74, 6) is -1.45. The van der Waals surface area contributed by atoms with E-state index in [1.54, 1.807) is 0 Å². The predicted molar refractivity (Wildman–Crippen MR) is 58.9 cm³/mol. The molecular formula is C9H8ClNO4S. The molecule has 5 nitrogen and oxygen atoms in total. The van der Waals surface area contributed by atoms with E-state index in [4.69, 9.17) is 16.7 Å². The molecule has 0 bridgehead atoms. The number of aromatic nitrogens is 1. The van der Waals surface area contributed by atoms with Crippen molar-refractivity contribution in [1.82, 2.24) is 4.98 Å².